The second kappa shape index (κ2) is 4.20. The first kappa shape index (κ1) is 10.4. The molecule has 80 valence electrons. The number of carbonyl (C=O) groups is 1. The minimum absolute atomic E-state index is 0.207. The molecule has 0 spiro atoms. The summed E-state index contributed by atoms with van der Waals surface area (Å²) in [6, 6.07) is 7.77. The number of nitrogens with one attached hydrogen (secondary N) is 1. The molecule has 0 aromatic heterocycles. The Morgan fingerprint density at radius 1 is 1.60 bits per heavy atom. The van der Waals surface area contributed by atoms with Crippen LogP contribution in [-0.2, 0) is 4.74 Å². The molecular formula is C10H11BrN2O2. The summed E-state index contributed by atoms with van der Waals surface area (Å²) < 4.78 is 6.17. The van der Waals surface area contributed by atoms with E-state index in [0.717, 1.165) is 10.0 Å². The first-order valence-corrected chi connectivity index (χ1v) is 5.38. The number of nitrogens with zero attached hydrogens (tertiary/aromatic N) is 1. The maximum Gasteiger partial charge on any atom is 0.422 e. The van der Waals surface area contributed by atoms with E-state index in [1.807, 2.05) is 31.3 Å². The zero-order valence-electron chi connectivity index (χ0n) is 8.24. The van der Waals surface area contributed by atoms with Crippen molar-refractivity contribution in [2.75, 3.05) is 13.6 Å². The van der Waals surface area contributed by atoms with Gasteiger partial charge < -0.3 is 4.74 Å². The maximum absolute atomic E-state index is 11.2. The lowest BCUT2D eigenvalue weighted by Gasteiger charge is -2.30. The molecule has 1 saturated heterocycles. The highest BCUT2D eigenvalue weighted by molar-refractivity contribution is 9.10. The van der Waals surface area contributed by atoms with Crippen LogP contribution in [0.25, 0.3) is 0 Å². The summed E-state index contributed by atoms with van der Waals surface area (Å²) in [6.45, 7) is 0.641. The number of carbonyl (C=O) groups excluding carboxylic acids is 1. The average Bonchev–Trinajstić information content (AvgIpc) is 2.16. The molecule has 1 aromatic carbocycles. The van der Waals surface area contributed by atoms with E-state index in [0.29, 0.717) is 6.54 Å². The predicted molar refractivity (Wildman–Crippen MR) is 59.1 cm³/mol. The van der Waals surface area contributed by atoms with Gasteiger partial charge in [-0.05, 0) is 17.7 Å². The molecule has 1 N–H and O–H groups in total. The number of ether oxygens (including phenoxy) is 1. The van der Waals surface area contributed by atoms with Crippen LogP contribution in [0.1, 0.15) is 11.7 Å². The molecule has 15 heavy (non-hydrogen) atoms. The number of hydrazine groups is 1. The van der Waals surface area contributed by atoms with Gasteiger partial charge in [0.05, 0.1) is 6.54 Å². The van der Waals surface area contributed by atoms with Gasteiger partial charge in [-0.3, -0.25) is 5.43 Å². The second-order valence-corrected chi connectivity index (χ2v) is 4.36. The molecule has 1 unspecified atom stereocenters. The zero-order valence-corrected chi connectivity index (χ0v) is 9.82. The van der Waals surface area contributed by atoms with Crippen molar-refractivity contribution < 1.29 is 9.53 Å². The number of halogens is 1. The number of benzene rings is 1. The summed E-state index contributed by atoms with van der Waals surface area (Å²) in [5.74, 6) is 0. The zero-order chi connectivity index (χ0) is 10.8. The standard InChI is InChI=1S/C10H11BrN2O2/c1-13-6-9(15-10(14)12-13)7-3-2-4-8(11)5-7/h2-5,9H,6H2,1H3,(H,12,14). The fraction of sp³-hybridized carbons (Fsp3) is 0.300. The Bertz CT molecular complexity index is 383. The van der Waals surface area contributed by atoms with Gasteiger partial charge in [-0.2, -0.15) is 0 Å². The molecule has 1 fully saturated rings. The van der Waals surface area contributed by atoms with Gasteiger partial charge >= 0.3 is 6.09 Å². The fourth-order valence-corrected chi connectivity index (χ4v) is 1.94. The highest BCUT2D eigenvalue weighted by atomic mass is 79.9. The molecule has 0 saturated carbocycles. The van der Waals surface area contributed by atoms with E-state index >= 15 is 0 Å². The average molecular weight is 271 g/mol. The lowest BCUT2D eigenvalue weighted by atomic mass is 10.1. The summed E-state index contributed by atoms with van der Waals surface area (Å²) >= 11 is 3.39. The van der Waals surface area contributed by atoms with Crippen molar-refractivity contribution in [3.05, 3.63) is 34.3 Å². The number of hydrogen-bond donors (Lipinski definition) is 1. The molecule has 0 aliphatic carbocycles. The topological polar surface area (TPSA) is 41.6 Å². The number of likely N-dealkylation sites (N-methyl/N-ethyl adjacent to an activating group) is 1. The summed E-state index contributed by atoms with van der Waals surface area (Å²) in [5, 5.41) is 1.72. The number of cyclic esters (lactones) is 1. The van der Waals surface area contributed by atoms with Crippen LogP contribution in [-0.4, -0.2) is 24.7 Å². The Hall–Kier alpha value is -1.07. The van der Waals surface area contributed by atoms with Gasteiger partial charge in [0, 0.05) is 11.5 Å². The minimum Gasteiger partial charge on any atom is -0.439 e. The van der Waals surface area contributed by atoms with Crippen molar-refractivity contribution >= 4 is 22.0 Å². The molecule has 0 bridgehead atoms. The van der Waals surface area contributed by atoms with E-state index in [1.54, 1.807) is 5.01 Å². The third-order valence-corrected chi connectivity index (χ3v) is 2.68. The number of amides is 1. The first-order chi connectivity index (χ1) is 7.15. The van der Waals surface area contributed by atoms with Crippen LogP contribution >= 0.6 is 15.9 Å². The first-order valence-electron chi connectivity index (χ1n) is 4.59. The molecule has 4 nitrogen and oxygen atoms in total. The van der Waals surface area contributed by atoms with Crippen LogP contribution in [0.5, 0.6) is 0 Å². The summed E-state index contributed by atoms with van der Waals surface area (Å²) in [6.07, 6.45) is -0.616. The van der Waals surface area contributed by atoms with E-state index in [-0.39, 0.29) is 6.10 Å². The summed E-state index contributed by atoms with van der Waals surface area (Å²) in [5.41, 5.74) is 3.55. The quantitative estimate of drug-likeness (QED) is 0.850. The van der Waals surface area contributed by atoms with E-state index in [2.05, 4.69) is 21.4 Å². The summed E-state index contributed by atoms with van der Waals surface area (Å²) in [4.78, 5) is 11.2. The smallest absolute Gasteiger partial charge is 0.422 e. The van der Waals surface area contributed by atoms with Gasteiger partial charge in [-0.25, -0.2) is 9.80 Å². The fourth-order valence-electron chi connectivity index (χ4n) is 1.52. The lowest BCUT2D eigenvalue weighted by molar-refractivity contribution is 0.0129. The van der Waals surface area contributed by atoms with Crippen LogP contribution in [0, 0.1) is 0 Å². The predicted octanol–water partition coefficient (Wildman–Crippen LogP) is 2.08. The third kappa shape index (κ3) is 2.49. The van der Waals surface area contributed by atoms with Crippen molar-refractivity contribution in [3.63, 3.8) is 0 Å². The van der Waals surface area contributed by atoms with Gasteiger partial charge in [0.2, 0.25) is 0 Å². The molecule has 5 heteroatoms. The highest BCUT2D eigenvalue weighted by Crippen LogP contribution is 2.23. The largest absolute Gasteiger partial charge is 0.439 e. The van der Waals surface area contributed by atoms with Gasteiger partial charge in [0.15, 0.2) is 0 Å². The maximum atomic E-state index is 11.2. The Kier molecular flexibility index (Phi) is 2.93. The van der Waals surface area contributed by atoms with Crippen molar-refractivity contribution in [2.45, 2.75) is 6.10 Å². The monoisotopic (exact) mass is 270 g/mol. The van der Waals surface area contributed by atoms with E-state index in [1.165, 1.54) is 0 Å². The lowest BCUT2D eigenvalue weighted by Crippen LogP contribution is -2.48. The molecule has 1 aliphatic heterocycles. The highest BCUT2D eigenvalue weighted by Gasteiger charge is 2.24. The molecule has 2 rings (SSSR count). The van der Waals surface area contributed by atoms with Crippen LogP contribution in [0.2, 0.25) is 0 Å². The number of hydrogen-bond acceptors (Lipinski definition) is 3. The van der Waals surface area contributed by atoms with Gasteiger partial charge in [0.1, 0.15) is 6.10 Å². The molecular weight excluding hydrogens is 260 g/mol. The van der Waals surface area contributed by atoms with Crippen molar-refractivity contribution in [1.82, 2.24) is 10.4 Å². The van der Waals surface area contributed by atoms with Crippen LogP contribution in [0.4, 0.5) is 4.79 Å². The van der Waals surface area contributed by atoms with Crippen molar-refractivity contribution in [3.8, 4) is 0 Å². The SMILES string of the molecule is CN1CC(c2cccc(Br)c2)OC(=O)N1. The second-order valence-electron chi connectivity index (χ2n) is 3.44. The van der Waals surface area contributed by atoms with Crippen molar-refractivity contribution in [2.24, 2.45) is 0 Å². The van der Waals surface area contributed by atoms with Gasteiger partial charge in [-0.1, -0.05) is 28.1 Å². The minimum atomic E-state index is -0.409. The molecule has 0 radical (unpaired) electrons. The van der Waals surface area contributed by atoms with E-state index in [9.17, 15) is 4.79 Å². The number of rotatable bonds is 1. The van der Waals surface area contributed by atoms with Crippen LogP contribution in [0.3, 0.4) is 0 Å². The Morgan fingerprint density at radius 2 is 2.40 bits per heavy atom. The van der Waals surface area contributed by atoms with Crippen LogP contribution < -0.4 is 5.43 Å². The van der Waals surface area contributed by atoms with Gasteiger partial charge in [-0.15, -0.1) is 0 Å². The summed E-state index contributed by atoms with van der Waals surface area (Å²) in [7, 11) is 1.81. The van der Waals surface area contributed by atoms with Crippen LogP contribution in [0.15, 0.2) is 28.7 Å². The third-order valence-electron chi connectivity index (χ3n) is 2.19. The molecule has 1 aromatic rings. The molecule has 1 atom stereocenters. The Morgan fingerprint density at radius 3 is 3.07 bits per heavy atom. The molecule has 1 heterocycles. The van der Waals surface area contributed by atoms with E-state index < -0.39 is 6.09 Å². The molecule has 1 aliphatic rings. The normalized spacial score (nSPS) is 22.0. The van der Waals surface area contributed by atoms with E-state index in [4.69, 9.17) is 4.74 Å². The van der Waals surface area contributed by atoms with Crippen molar-refractivity contribution in [1.29, 1.82) is 0 Å². The molecule has 1 amide bonds. The Balaban J connectivity index is 2.19. The Labute approximate surface area is 96.3 Å². The van der Waals surface area contributed by atoms with Gasteiger partial charge in [0.25, 0.3) is 0 Å².